The van der Waals surface area contributed by atoms with Crippen molar-refractivity contribution in [1.82, 2.24) is 14.8 Å². The Labute approximate surface area is 168 Å². The summed E-state index contributed by atoms with van der Waals surface area (Å²) in [5.74, 6) is 0.171. The number of thioether (sulfide) groups is 1. The Kier molecular flexibility index (Phi) is 6.41. The van der Waals surface area contributed by atoms with Crippen LogP contribution >= 0.6 is 27.7 Å². The van der Waals surface area contributed by atoms with Crippen LogP contribution in [-0.4, -0.2) is 26.4 Å². The minimum absolute atomic E-state index is 0.119. The van der Waals surface area contributed by atoms with Crippen molar-refractivity contribution in [3.8, 4) is 11.4 Å². The van der Waals surface area contributed by atoms with Crippen molar-refractivity contribution in [2.75, 3.05) is 11.1 Å². The molecule has 1 N–H and O–H groups in total. The largest absolute Gasteiger partial charge is 0.325 e. The maximum Gasteiger partial charge on any atom is 0.234 e. The standard InChI is InChI=1S/C19H16BrFN4OS/c1-2-10-25-18(13-6-8-14(20)9-7-13)23-19(24-25)27-12-17(26)22-16-5-3-4-15(21)11-16/h2-9,11H,1,10,12H2,(H,22,26). The molecule has 138 valence electrons. The van der Waals surface area contributed by atoms with E-state index in [0.29, 0.717) is 23.2 Å². The Morgan fingerprint density at radius 2 is 2.07 bits per heavy atom. The number of carbonyl (C=O) groups is 1. The van der Waals surface area contributed by atoms with Gasteiger partial charge in [0.2, 0.25) is 11.1 Å². The molecule has 27 heavy (non-hydrogen) atoms. The van der Waals surface area contributed by atoms with Gasteiger partial charge in [-0.05, 0) is 30.3 Å². The van der Waals surface area contributed by atoms with Gasteiger partial charge < -0.3 is 5.32 Å². The summed E-state index contributed by atoms with van der Waals surface area (Å²) in [5, 5.41) is 7.58. The number of allylic oxidation sites excluding steroid dienone is 1. The number of benzene rings is 2. The van der Waals surface area contributed by atoms with Gasteiger partial charge in [0, 0.05) is 15.7 Å². The monoisotopic (exact) mass is 446 g/mol. The van der Waals surface area contributed by atoms with Crippen LogP contribution in [-0.2, 0) is 11.3 Å². The van der Waals surface area contributed by atoms with Crippen molar-refractivity contribution in [3.63, 3.8) is 0 Å². The van der Waals surface area contributed by atoms with Crippen LogP contribution in [0.1, 0.15) is 0 Å². The lowest BCUT2D eigenvalue weighted by atomic mass is 10.2. The van der Waals surface area contributed by atoms with Crippen LogP contribution in [0.25, 0.3) is 11.4 Å². The van der Waals surface area contributed by atoms with Crippen molar-refractivity contribution in [2.24, 2.45) is 0 Å². The molecule has 1 amide bonds. The van der Waals surface area contributed by atoms with Gasteiger partial charge in [0.1, 0.15) is 5.82 Å². The molecule has 3 rings (SSSR count). The second-order valence-corrected chi connectivity index (χ2v) is 7.40. The fourth-order valence-corrected chi connectivity index (χ4v) is 3.24. The number of carbonyl (C=O) groups excluding carboxylic acids is 1. The van der Waals surface area contributed by atoms with Gasteiger partial charge in [-0.3, -0.25) is 4.79 Å². The Morgan fingerprint density at radius 1 is 1.30 bits per heavy atom. The maximum atomic E-state index is 13.2. The molecule has 0 unspecified atom stereocenters. The van der Waals surface area contributed by atoms with E-state index in [1.54, 1.807) is 22.9 Å². The van der Waals surface area contributed by atoms with Gasteiger partial charge >= 0.3 is 0 Å². The van der Waals surface area contributed by atoms with Gasteiger partial charge in [-0.2, -0.15) is 0 Å². The molecule has 1 heterocycles. The average Bonchev–Trinajstić information content (AvgIpc) is 3.04. The number of rotatable bonds is 7. The van der Waals surface area contributed by atoms with E-state index >= 15 is 0 Å². The number of halogens is 2. The molecule has 0 aliphatic rings. The summed E-state index contributed by atoms with van der Waals surface area (Å²) in [6, 6.07) is 13.5. The number of nitrogens with zero attached hydrogens (tertiary/aromatic N) is 3. The van der Waals surface area contributed by atoms with Gasteiger partial charge in [-0.25, -0.2) is 14.1 Å². The summed E-state index contributed by atoms with van der Waals surface area (Å²) >= 11 is 4.63. The molecule has 0 aliphatic carbocycles. The Bertz CT molecular complexity index is 959. The Balaban J connectivity index is 1.69. The maximum absolute atomic E-state index is 13.2. The van der Waals surface area contributed by atoms with Crippen molar-refractivity contribution < 1.29 is 9.18 Å². The van der Waals surface area contributed by atoms with Crippen molar-refractivity contribution in [3.05, 3.63) is 71.5 Å². The van der Waals surface area contributed by atoms with Crippen LogP contribution in [0.2, 0.25) is 0 Å². The highest BCUT2D eigenvalue weighted by Gasteiger charge is 2.13. The third-order valence-corrected chi connectivity index (χ3v) is 4.86. The van der Waals surface area contributed by atoms with E-state index in [4.69, 9.17) is 0 Å². The number of anilines is 1. The highest BCUT2D eigenvalue weighted by atomic mass is 79.9. The van der Waals surface area contributed by atoms with E-state index in [1.807, 2.05) is 24.3 Å². The zero-order valence-corrected chi connectivity index (χ0v) is 16.6. The van der Waals surface area contributed by atoms with E-state index in [-0.39, 0.29) is 11.7 Å². The average molecular weight is 447 g/mol. The van der Waals surface area contributed by atoms with E-state index in [1.165, 1.54) is 23.9 Å². The Hall–Kier alpha value is -2.45. The topological polar surface area (TPSA) is 59.8 Å². The normalized spacial score (nSPS) is 10.6. The molecule has 8 heteroatoms. The summed E-state index contributed by atoms with van der Waals surface area (Å²) in [6.07, 6.45) is 1.74. The lowest BCUT2D eigenvalue weighted by molar-refractivity contribution is -0.113. The molecule has 0 bridgehead atoms. The van der Waals surface area contributed by atoms with E-state index < -0.39 is 5.82 Å². The van der Waals surface area contributed by atoms with Crippen molar-refractivity contribution in [1.29, 1.82) is 0 Å². The van der Waals surface area contributed by atoms with E-state index in [0.717, 1.165) is 10.0 Å². The molecule has 0 radical (unpaired) electrons. The summed E-state index contributed by atoms with van der Waals surface area (Å²) < 4.78 is 15.9. The second-order valence-electron chi connectivity index (χ2n) is 5.54. The van der Waals surface area contributed by atoms with Crippen LogP contribution in [0.4, 0.5) is 10.1 Å². The minimum atomic E-state index is -0.399. The summed E-state index contributed by atoms with van der Waals surface area (Å²) in [4.78, 5) is 16.6. The van der Waals surface area contributed by atoms with E-state index in [2.05, 4.69) is 37.9 Å². The zero-order valence-electron chi connectivity index (χ0n) is 14.2. The minimum Gasteiger partial charge on any atom is -0.325 e. The third kappa shape index (κ3) is 5.27. The van der Waals surface area contributed by atoms with Crippen LogP contribution < -0.4 is 5.32 Å². The first-order valence-electron chi connectivity index (χ1n) is 8.05. The first-order valence-corrected chi connectivity index (χ1v) is 9.83. The molecule has 5 nitrogen and oxygen atoms in total. The zero-order chi connectivity index (χ0) is 19.2. The fraction of sp³-hybridized carbons (Fsp3) is 0.105. The number of hydrogen-bond donors (Lipinski definition) is 1. The van der Waals surface area contributed by atoms with Crippen molar-refractivity contribution in [2.45, 2.75) is 11.7 Å². The summed E-state index contributed by atoms with van der Waals surface area (Å²) in [7, 11) is 0. The molecular weight excluding hydrogens is 431 g/mol. The second kappa shape index (κ2) is 8.96. The van der Waals surface area contributed by atoms with Gasteiger partial charge in [-0.15, -0.1) is 11.7 Å². The highest BCUT2D eigenvalue weighted by molar-refractivity contribution is 9.10. The van der Waals surface area contributed by atoms with E-state index in [9.17, 15) is 9.18 Å². The first-order chi connectivity index (χ1) is 13.0. The summed E-state index contributed by atoms with van der Waals surface area (Å²) in [5.41, 5.74) is 1.34. The van der Waals surface area contributed by atoms with Gasteiger partial charge in [0.15, 0.2) is 5.82 Å². The quantitative estimate of drug-likeness (QED) is 0.419. The molecule has 0 saturated heterocycles. The fourth-order valence-electron chi connectivity index (χ4n) is 2.34. The van der Waals surface area contributed by atoms with Crippen LogP contribution in [0.5, 0.6) is 0 Å². The molecule has 0 saturated carbocycles. The first kappa shape index (κ1) is 19.3. The molecule has 3 aromatic rings. The molecule has 0 atom stereocenters. The number of aromatic nitrogens is 3. The number of hydrogen-bond acceptors (Lipinski definition) is 4. The van der Waals surface area contributed by atoms with Crippen LogP contribution in [0, 0.1) is 5.82 Å². The molecule has 0 fully saturated rings. The SMILES string of the molecule is C=CCn1nc(SCC(=O)Nc2cccc(F)c2)nc1-c1ccc(Br)cc1. The van der Waals surface area contributed by atoms with Gasteiger partial charge in [0.05, 0.1) is 12.3 Å². The van der Waals surface area contributed by atoms with Crippen molar-refractivity contribution >= 4 is 39.3 Å². The number of amides is 1. The van der Waals surface area contributed by atoms with Crippen LogP contribution in [0.3, 0.4) is 0 Å². The molecular formula is C19H16BrFN4OS. The highest BCUT2D eigenvalue weighted by Crippen LogP contribution is 2.24. The molecule has 0 aliphatic heterocycles. The Morgan fingerprint density at radius 3 is 2.78 bits per heavy atom. The smallest absolute Gasteiger partial charge is 0.234 e. The number of nitrogens with one attached hydrogen (secondary N) is 1. The predicted molar refractivity (Wildman–Crippen MR) is 109 cm³/mol. The van der Waals surface area contributed by atoms with Gasteiger partial charge in [-0.1, -0.05) is 52.0 Å². The lowest BCUT2D eigenvalue weighted by Gasteiger charge is -2.03. The van der Waals surface area contributed by atoms with Gasteiger partial charge in [0.25, 0.3) is 0 Å². The summed E-state index contributed by atoms with van der Waals surface area (Å²) in [6.45, 7) is 4.25. The molecule has 2 aromatic carbocycles. The molecule has 0 spiro atoms. The molecule has 1 aromatic heterocycles. The third-order valence-electron chi connectivity index (χ3n) is 3.50. The predicted octanol–water partition coefficient (Wildman–Crippen LogP) is 4.76. The lowest BCUT2D eigenvalue weighted by Crippen LogP contribution is -2.14. The van der Waals surface area contributed by atoms with Crippen LogP contribution in [0.15, 0.2) is 70.8 Å².